The van der Waals surface area contributed by atoms with Gasteiger partial charge < -0.3 is 5.21 Å². The summed E-state index contributed by atoms with van der Waals surface area (Å²) in [6, 6.07) is 3.62. The van der Waals surface area contributed by atoms with Crippen LogP contribution in [0.15, 0.2) is 23.4 Å². The van der Waals surface area contributed by atoms with Gasteiger partial charge in [-0.05, 0) is 6.07 Å². The first-order valence-corrected chi connectivity index (χ1v) is 2.87. The number of oxime groups is 1. The summed E-state index contributed by atoms with van der Waals surface area (Å²) < 4.78 is 25.0. The van der Waals surface area contributed by atoms with Crippen LogP contribution in [0, 0.1) is 11.6 Å². The predicted octanol–water partition coefficient (Wildman–Crippen LogP) is 1.77. The summed E-state index contributed by atoms with van der Waals surface area (Å²) in [5.41, 5.74) is -0.0764. The van der Waals surface area contributed by atoms with E-state index in [4.69, 9.17) is 5.21 Å². The zero-order valence-corrected chi connectivity index (χ0v) is 5.46. The molecule has 1 aromatic carbocycles. The number of hydrogen-bond acceptors (Lipinski definition) is 2. The van der Waals surface area contributed by atoms with Crippen molar-refractivity contribution in [2.24, 2.45) is 5.16 Å². The summed E-state index contributed by atoms with van der Waals surface area (Å²) in [5.74, 6) is -1.97. The van der Waals surface area contributed by atoms with E-state index >= 15 is 0 Å². The van der Waals surface area contributed by atoms with Crippen LogP contribution >= 0.6 is 0 Å². The monoisotopic (exact) mass is 157 g/mol. The molecule has 0 bridgehead atoms. The lowest BCUT2D eigenvalue weighted by Gasteiger charge is -1.94. The number of hydrogen-bond donors (Lipinski definition) is 1. The lowest BCUT2D eigenvalue weighted by atomic mass is 10.2. The number of nitrogens with zero attached hydrogens (tertiary/aromatic N) is 1. The molecule has 0 fully saturated rings. The number of rotatable bonds is 1. The second-order valence-corrected chi connectivity index (χ2v) is 1.89. The maximum Gasteiger partial charge on any atom is 0.167 e. The molecule has 0 radical (unpaired) electrons. The van der Waals surface area contributed by atoms with E-state index in [1.807, 2.05) is 0 Å². The van der Waals surface area contributed by atoms with Crippen molar-refractivity contribution in [2.75, 3.05) is 0 Å². The third-order valence-electron chi connectivity index (χ3n) is 1.18. The van der Waals surface area contributed by atoms with Crippen molar-refractivity contribution in [3.8, 4) is 0 Å². The van der Waals surface area contributed by atoms with Crippen molar-refractivity contribution in [1.29, 1.82) is 0 Å². The van der Waals surface area contributed by atoms with Gasteiger partial charge in [-0.1, -0.05) is 17.3 Å². The molecular formula is C7H5F2NO. The molecule has 0 aromatic heterocycles. The van der Waals surface area contributed by atoms with E-state index in [2.05, 4.69) is 5.16 Å². The van der Waals surface area contributed by atoms with Crippen molar-refractivity contribution < 1.29 is 14.0 Å². The normalized spacial score (nSPS) is 10.7. The van der Waals surface area contributed by atoms with Crippen LogP contribution in [0.2, 0.25) is 0 Å². The fraction of sp³-hybridized carbons (Fsp3) is 0. The largest absolute Gasteiger partial charge is 0.411 e. The van der Waals surface area contributed by atoms with Crippen molar-refractivity contribution in [3.05, 3.63) is 35.4 Å². The van der Waals surface area contributed by atoms with Gasteiger partial charge in [-0.2, -0.15) is 0 Å². The molecular weight excluding hydrogens is 152 g/mol. The number of halogens is 2. The third kappa shape index (κ3) is 1.52. The van der Waals surface area contributed by atoms with Gasteiger partial charge in [-0.25, -0.2) is 8.78 Å². The van der Waals surface area contributed by atoms with Crippen LogP contribution in [0.3, 0.4) is 0 Å². The Hall–Kier alpha value is -1.45. The van der Waals surface area contributed by atoms with E-state index in [9.17, 15) is 8.78 Å². The van der Waals surface area contributed by atoms with E-state index < -0.39 is 11.6 Å². The van der Waals surface area contributed by atoms with Gasteiger partial charge in [0.15, 0.2) is 11.6 Å². The minimum absolute atomic E-state index is 0.0764. The molecule has 0 saturated carbocycles. The van der Waals surface area contributed by atoms with Crippen molar-refractivity contribution in [1.82, 2.24) is 0 Å². The lowest BCUT2D eigenvalue weighted by Crippen LogP contribution is -1.91. The zero-order chi connectivity index (χ0) is 8.27. The molecule has 0 saturated heterocycles. The summed E-state index contributed by atoms with van der Waals surface area (Å²) in [5, 5.41) is 10.6. The highest BCUT2D eigenvalue weighted by atomic mass is 19.2. The molecule has 58 valence electrons. The van der Waals surface area contributed by atoms with Crippen molar-refractivity contribution in [3.63, 3.8) is 0 Å². The number of benzene rings is 1. The van der Waals surface area contributed by atoms with Crippen molar-refractivity contribution in [2.45, 2.75) is 0 Å². The average Bonchev–Trinajstić information content (AvgIpc) is 1.99. The molecule has 2 nitrogen and oxygen atoms in total. The molecule has 1 rings (SSSR count). The summed E-state index contributed by atoms with van der Waals surface area (Å²) in [6.07, 6.45) is 0.832. The molecule has 0 unspecified atom stereocenters. The third-order valence-corrected chi connectivity index (χ3v) is 1.18. The van der Waals surface area contributed by atoms with Gasteiger partial charge in [0.25, 0.3) is 0 Å². The van der Waals surface area contributed by atoms with Crippen LogP contribution in [-0.4, -0.2) is 11.4 Å². The first kappa shape index (κ1) is 7.65. The van der Waals surface area contributed by atoms with E-state index in [1.165, 1.54) is 12.1 Å². The Bertz CT molecular complexity index is 286. The van der Waals surface area contributed by atoms with E-state index in [0.29, 0.717) is 0 Å². The molecule has 0 heterocycles. The molecule has 4 heteroatoms. The summed E-state index contributed by atoms with van der Waals surface area (Å²) in [4.78, 5) is 0. The molecule has 11 heavy (non-hydrogen) atoms. The van der Waals surface area contributed by atoms with E-state index in [-0.39, 0.29) is 5.56 Å². The fourth-order valence-electron chi connectivity index (χ4n) is 0.682. The molecule has 0 aliphatic rings. The second-order valence-electron chi connectivity index (χ2n) is 1.89. The van der Waals surface area contributed by atoms with Crippen molar-refractivity contribution >= 4 is 6.21 Å². The lowest BCUT2D eigenvalue weighted by molar-refractivity contribution is 0.321. The second kappa shape index (κ2) is 3.09. The van der Waals surface area contributed by atoms with Crippen LogP contribution in [0.25, 0.3) is 0 Å². The predicted molar refractivity (Wildman–Crippen MR) is 35.7 cm³/mol. The minimum atomic E-state index is -1.01. The standard InChI is InChI=1S/C7H5F2NO/c8-6-3-1-2-5(4-10-11)7(6)9/h1-4,11H/b10-4+. The van der Waals surface area contributed by atoms with Crippen LogP contribution < -0.4 is 0 Å². The average molecular weight is 157 g/mol. The van der Waals surface area contributed by atoms with Crippen LogP contribution in [-0.2, 0) is 0 Å². The quantitative estimate of drug-likeness (QED) is 0.376. The molecule has 0 atom stereocenters. The van der Waals surface area contributed by atoms with Gasteiger partial charge >= 0.3 is 0 Å². The van der Waals surface area contributed by atoms with Gasteiger partial charge in [-0.3, -0.25) is 0 Å². The highest BCUT2D eigenvalue weighted by Gasteiger charge is 2.04. The first-order valence-electron chi connectivity index (χ1n) is 2.87. The van der Waals surface area contributed by atoms with Gasteiger partial charge in [0.05, 0.1) is 6.21 Å². The highest BCUT2D eigenvalue weighted by molar-refractivity contribution is 5.79. The molecule has 0 aliphatic carbocycles. The maximum atomic E-state index is 12.6. The first-order chi connectivity index (χ1) is 5.25. The molecule has 1 aromatic rings. The highest BCUT2D eigenvalue weighted by Crippen LogP contribution is 2.08. The zero-order valence-electron chi connectivity index (χ0n) is 5.46. The Kier molecular flexibility index (Phi) is 2.15. The van der Waals surface area contributed by atoms with Gasteiger partial charge in [-0.15, -0.1) is 0 Å². The van der Waals surface area contributed by atoms with Gasteiger partial charge in [0.2, 0.25) is 0 Å². The van der Waals surface area contributed by atoms with Crippen LogP contribution in [0.1, 0.15) is 5.56 Å². The maximum absolute atomic E-state index is 12.6. The Balaban J connectivity index is 3.16. The summed E-state index contributed by atoms with van der Waals surface area (Å²) in [7, 11) is 0. The molecule has 0 amide bonds. The Morgan fingerprint density at radius 1 is 1.36 bits per heavy atom. The van der Waals surface area contributed by atoms with Gasteiger partial charge in [0.1, 0.15) is 0 Å². The van der Waals surface area contributed by atoms with Crippen LogP contribution in [0.4, 0.5) is 8.78 Å². The fourth-order valence-corrected chi connectivity index (χ4v) is 0.682. The Morgan fingerprint density at radius 2 is 2.09 bits per heavy atom. The topological polar surface area (TPSA) is 32.6 Å². The van der Waals surface area contributed by atoms with E-state index in [1.54, 1.807) is 0 Å². The molecule has 0 aliphatic heterocycles. The Labute approximate surface area is 61.8 Å². The smallest absolute Gasteiger partial charge is 0.167 e. The SMILES string of the molecule is O/N=C/c1cccc(F)c1F. The van der Waals surface area contributed by atoms with Gasteiger partial charge in [0, 0.05) is 5.56 Å². The molecule has 0 spiro atoms. The van der Waals surface area contributed by atoms with E-state index in [0.717, 1.165) is 12.3 Å². The summed E-state index contributed by atoms with van der Waals surface area (Å²) >= 11 is 0. The minimum Gasteiger partial charge on any atom is -0.411 e. The molecule has 1 N–H and O–H groups in total. The summed E-state index contributed by atoms with van der Waals surface area (Å²) in [6.45, 7) is 0. The Morgan fingerprint density at radius 3 is 2.73 bits per heavy atom. The van der Waals surface area contributed by atoms with Crippen LogP contribution in [0.5, 0.6) is 0 Å².